The fraction of sp³-hybridized carbons (Fsp3) is 0.0455. The Kier molecular flexibility index (Phi) is 7.10. The second-order valence-corrected chi connectivity index (χ2v) is 6.44. The zero-order chi connectivity index (χ0) is 22.9. The molecule has 0 saturated heterocycles. The summed E-state index contributed by atoms with van der Waals surface area (Å²) in [4.78, 5) is 46.2. The third-order valence-electron chi connectivity index (χ3n) is 4.17. The van der Waals surface area contributed by atoms with Gasteiger partial charge in [-0.25, -0.2) is 0 Å². The first-order valence-corrected chi connectivity index (χ1v) is 9.35. The number of ether oxygens (including phenoxy) is 1. The van der Waals surface area contributed by atoms with Gasteiger partial charge in [0.1, 0.15) is 5.75 Å². The molecule has 0 aromatic heterocycles. The summed E-state index contributed by atoms with van der Waals surface area (Å²) in [5.74, 6) is -1.19. The minimum atomic E-state index is -0.622. The Bertz CT molecular complexity index is 1120. The Balaban J connectivity index is 1.44. The second kappa shape index (κ2) is 10.3. The van der Waals surface area contributed by atoms with Gasteiger partial charge in [0.15, 0.2) is 6.61 Å². The lowest BCUT2D eigenvalue weighted by Crippen LogP contribution is -2.43. The molecule has 0 saturated carbocycles. The summed E-state index contributed by atoms with van der Waals surface area (Å²) in [6, 6.07) is 20.0. The number of amides is 3. The molecule has 0 aliphatic carbocycles. The number of nitro benzene ring substituents is 1. The maximum absolute atomic E-state index is 12.2. The van der Waals surface area contributed by atoms with Gasteiger partial charge in [-0.15, -0.1) is 0 Å². The average Bonchev–Trinajstić information content (AvgIpc) is 2.82. The van der Waals surface area contributed by atoms with E-state index in [1.807, 2.05) is 6.07 Å². The Labute approximate surface area is 182 Å². The molecule has 3 aromatic rings. The Morgan fingerprint density at radius 1 is 0.781 bits per heavy atom. The van der Waals surface area contributed by atoms with Crippen LogP contribution in [-0.2, 0) is 4.79 Å². The number of nitrogens with one attached hydrogen (secondary N) is 3. The number of nitro groups is 1. The first-order chi connectivity index (χ1) is 15.4. The molecule has 3 aromatic carbocycles. The Morgan fingerprint density at radius 2 is 1.41 bits per heavy atom. The quantitative estimate of drug-likeness (QED) is 0.386. The molecule has 0 aliphatic heterocycles. The molecule has 0 heterocycles. The predicted molar refractivity (Wildman–Crippen MR) is 115 cm³/mol. The fourth-order valence-corrected chi connectivity index (χ4v) is 2.55. The van der Waals surface area contributed by atoms with Crippen molar-refractivity contribution >= 4 is 29.1 Å². The van der Waals surface area contributed by atoms with Gasteiger partial charge in [0.2, 0.25) is 0 Å². The van der Waals surface area contributed by atoms with Gasteiger partial charge in [-0.05, 0) is 48.5 Å². The number of carbonyl (C=O) groups is 3. The minimum absolute atomic E-state index is 0.0975. The third kappa shape index (κ3) is 6.13. The van der Waals surface area contributed by atoms with E-state index in [1.54, 1.807) is 36.4 Å². The van der Waals surface area contributed by atoms with Crippen LogP contribution < -0.4 is 20.9 Å². The number of carbonyl (C=O) groups excluding carboxylic acids is 3. The summed E-state index contributed by atoms with van der Waals surface area (Å²) in [6.45, 7) is -0.400. The van der Waals surface area contributed by atoms with Crippen molar-refractivity contribution in [2.24, 2.45) is 0 Å². The molecule has 162 valence electrons. The highest BCUT2D eigenvalue weighted by atomic mass is 16.6. The highest BCUT2D eigenvalue weighted by molar-refractivity contribution is 6.04. The maximum atomic E-state index is 12.2. The maximum Gasteiger partial charge on any atom is 0.276 e. The van der Waals surface area contributed by atoms with Gasteiger partial charge >= 0.3 is 0 Å². The minimum Gasteiger partial charge on any atom is -0.484 e. The second-order valence-electron chi connectivity index (χ2n) is 6.44. The van der Waals surface area contributed by atoms with Crippen LogP contribution in [0.1, 0.15) is 20.7 Å². The van der Waals surface area contributed by atoms with Crippen LogP contribution in [0.15, 0.2) is 78.9 Å². The number of anilines is 1. The van der Waals surface area contributed by atoms with Crippen molar-refractivity contribution in [1.29, 1.82) is 0 Å². The molecule has 0 aliphatic rings. The number of hydrogen-bond donors (Lipinski definition) is 3. The van der Waals surface area contributed by atoms with Gasteiger partial charge in [-0.2, -0.15) is 0 Å². The normalized spacial score (nSPS) is 10.0. The van der Waals surface area contributed by atoms with E-state index in [9.17, 15) is 24.5 Å². The fourth-order valence-electron chi connectivity index (χ4n) is 2.55. The summed E-state index contributed by atoms with van der Waals surface area (Å²) < 4.78 is 5.20. The number of nitrogens with zero attached hydrogens (tertiary/aromatic N) is 1. The zero-order valence-electron chi connectivity index (χ0n) is 16.6. The third-order valence-corrected chi connectivity index (χ3v) is 4.17. The van der Waals surface area contributed by atoms with Crippen molar-refractivity contribution in [2.45, 2.75) is 0 Å². The molecule has 3 N–H and O–H groups in total. The van der Waals surface area contributed by atoms with Crippen molar-refractivity contribution in [3.8, 4) is 5.75 Å². The topological polar surface area (TPSA) is 140 Å². The molecule has 32 heavy (non-hydrogen) atoms. The number of rotatable bonds is 7. The molecule has 0 spiro atoms. The zero-order valence-corrected chi connectivity index (χ0v) is 16.6. The number of hydrazine groups is 1. The van der Waals surface area contributed by atoms with Crippen LogP contribution in [0.3, 0.4) is 0 Å². The van der Waals surface area contributed by atoms with E-state index in [0.29, 0.717) is 11.3 Å². The van der Waals surface area contributed by atoms with Gasteiger partial charge in [-0.1, -0.05) is 18.2 Å². The monoisotopic (exact) mass is 434 g/mol. The van der Waals surface area contributed by atoms with Gasteiger partial charge in [0, 0.05) is 28.9 Å². The molecule has 3 rings (SSSR count). The predicted octanol–water partition coefficient (Wildman–Crippen LogP) is 2.69. The molecule has 3 amide bonds. The summed E-state index contributed by atoms with van der Waals surface area (Å²) in [6.07, 6.45) is 0. The van der Waals surface area contributed by atoms with E-state index in [0.717, 1.165) is 0 Å². The molecule has 10 nitrogen and oxygen atoms in total. The number of benzene rings is 3. The van der Waals surface area contributed by atoms with E-state index in [-0.39, 0.29) is 22.9 Å². The average molecular weight is 434 g/mol. The lowest BCUT2D eigenvalue weighted by Gasteiger charge is -2.09. The van der Waals surface area contributed by atoms with Crippen LogP contribution >= 0.6 is 0 Å². The molecule has 0 bridgehead atoms. The lowest BCUT2D eigenvalue weighted by molar-refractivity contribution is -0.384. The largest absolute Gasteiger partial charge is 0.484 e. The van der Waals surface area contributed by atoms with Crippen molar-refractivity contribution < 1.29 is 24.0 Å². The van der Waals surface area contributed by atoms with Crippen LogP contribution in [0.25, 0.3) is 0 Å². The molecule has 10 heteroatoms. The smallest absolute Gasteiger partial charge is 0.276 e. The van der Waals surface area contributed by atoms with Crippen molar-refractivity contribution in [3.63, 3.8) is 0 Å². The molecule has 0 unspecified atom stereocenters. The van der Waals surface area contributed by atoms with Gasteiger partial charge in [0.25, 0.3) is 23.4 Å². The van der Waals surface area contributed by atoms with Crippen molar-refractivity contribution in [3.05, 3.63) is 100 Å². The van der Waals surface area contributed by atoms with Crippen molar-refractivity contribution in [2.75, 3.05) is 11.9 Å². The first kappa shape index (κ1) is 22.0. The first-order valence-electron chi connectivity index (χ1n) is 9.35. The van der Waals surface area contributed by atoms with Gasteiger partial charge < -0.3 is 10.1 Å². The highest BCUT2D eigenvalue weighted by Gasteiger charge is 2.10. The molecule has 0 atom stereocenters. The van der Waals surface area contributed by atoms with E-state index in [4.69, 9.17) is 4.74 Å². The van der Waals surface area contributed by atoms with E-state index < -0.39 is 23.3 Å². The lowest BCUT2D eigenvalue weighted by atomic mass is 10.1. The standard InChI is InChI=1S/C22H18N4O6/c27-20(14-32-19-12-10-18(11-13-19)26(30)31)24-25-22(29)16-6-8-17(9-7-16)23-21(28)15-4-2-1-3-5-15/h1-13H,14H2,(H,23,28)(H,24,27)(H,25,29). The summed E-state index contributed by atoms with van der Waals surface area (Å²) >= 11 is 0. The van der Waals surface area contributed by atoms with E-state index >= 15 is 0 Å². The van der Waals surface area contributed by atoms with Crippen LogP contribution in [0.2, 0.25) is 0 Å². The molecule has 0 fully saturated rings. The summed E-state index contributed by atoms with van der Waals surface area (Å²) in [7, 11) is 0. The van der Waals surface area contributed by atoms with Crippen LogP contribution in [0.4, 0.5) is 11.4 Å². The van der Waals surface area contributed by atoms with Gasteiger partial charge in [0.05, 0.1) is 4.92 Å². The van der Waals surface area contributed by atoms with Gasteiger partial charge in [-0.3, -0.25) is 35.3 Å². The van der Waals surface area contributed by atoms with E-state index in [1.165, 1.54) is 36.4 Å². The summed E-state index contributed by atoms with van der Waals surface area (Å²) in [5, 5.41) is 13.3. The highest BCUT2D eigenvalue weighted by Crippen LogP contribution is 2.17. The van der Waals surface area contributed by atoms with Crippen LogP contribution in [0, 0.1) is 10.1 Å². The van der Waals surface area contributed by atoms with Crippen LogP contribution in [-0.4, -0.2) is 29.3 Å². The Morgan fingerprint density at radius 3 is 2.03 bits per heavy atom. The summed E-state index contributed by atoms with van der Waals surface area (Å²) in [5.41, 5.74) is 5.64. The van der Waals surface area contributed by atoms with Crippen molar-refractivity contribution in [1.82, 2.24) is 10.9 Å². The number of hydrogen-bond acceptors (Lipinski definition) is 6. The number of non-ortho nitro benzene ring substituents is 1. The molecular formula is C22H18N4O6. The van der Waals surface area contributed by atoms with Crippen LogP contribution in [0.5, 0.6) is 5.75 Å². The Hall–Kier alpha value is -4.73. The molecule has 0 radical (unpaired) electrons. The van der Waals surface area contributed by atoms with E-state index in [2.05, 4.69) is 16.2 Å². The molecular weight excluding hydrogens is 416 g/mol. The SMILES string of the molecule is O=C(COc1ccc([N+](=O)[O-])cc1)NNC(=O)c1ccc(NC(=O)c2ccccc2)cc1.